The summed E-state index contributed by atoms with van der Waals surface area (Å²) in [7, 11) is 5.57. The summed E-state index contributed by atoms with van der Waals surface area (Å²) in [6.45, 7) is 0. The Morgan fingerprint density at radius 3 is 2.69 bits per heavy atom. The fourth-order valence-electron chi connectivity index (χ4n) is 1.25. The summed E-state index contributed by atoms with van der Waals surface area (Å²) in [5.74, 6) is 0. The Morgan fingerprint density at radius 1 is 1.15 bits per heavy atom. The molecule has 1 aromatic carbocycles. The summed E-state index contributed by atoms with van der Waals surface area (Å²) >= 11 is 0. The molecule has 0 saturated heterocycles. The molecule has 2 N–H and O–H groups in total. The van der Waals surface area contributed by atoms with Crippen molar-refractivity contribution in [3.8, 4) is 0 Å². The van der Waals surface area contributed by atoms with Crippen LogP contribution < -0.4 is 16.7 Å². The van der Waals surface area contributed by atoms with Crippen molar-refractivity contribution in [2.75, 3.05) is 0 Å². The number of benzene rings is 1. The highest BCUT2D eigenvalue weighted by Crippen LogP contribution is 1.98. The van der Waals surface area contributed by atoms with Crippen LogP contribution in [0.5, 0.6) is 0 Å². The minimum absolute atomic E-state index is 0.321. The van der Waals surface area contributed by atoms with Crippen molar-refractivity contribution in [1.82, 2.24) is 9.97 Å². The van der Waals surface area contributed by atoms with Gasteiger partial charge in [-0.2, -0.15) is 0 Å². The second-order valence-corrected chi connectivity index (χ2v) is 2.68. The normalized spacial score (nSPS) is 10.5. The van der Waals surface area contributed by atoms with E-state index in [-0.39, 0.29) is 0 Å². The van der Waals surface area contributed by atoms with Crippen LogP contribution >= 0.6 is 0 Å². The van der Waals surface area contributed by atoms with Gasteiger partial charge in [-0.3, -0.25) is 9.78 Å². The molecule has 4 nitrogen and oxygen atoms in total. The Balaban J connectivity index is 3.12. The van der Waals surface area contributed by atoms with Gasteiger partial charge in [-0.05, 0) is 6.07 Å². The van der Waals surface area contributed by atoms with E-state index in [4.69, 9.17) is 7.85 Å². The quantitative estimate of drug-likeness (QED) is 0.501. The zero-order valence-electron chi connectivity index (χ0n) is 6.63. The van der Waals surface area contributed by atoms with E-state index in [9.17, 15) is 9.59 Å². The van der Waals surface area contributed by atoms with Crippen molar-refractivity contribution in [3.05, 3.63) is 39.0 Å². The van der Waals surface area contributed by atoms with Gasteiger partial charge in [-0.25, -0.2) is 4.79 Å². The van der Waals surface area contributed by atoms with Crippen LogP contribution in [-0.4, -0.2) is 17.8 Å². The van der Waals surface area contributed by atoms with E-state index < -0.39 is 11.2 Å². The second kappa shape index (κ2) is 2.62. The van der Waals surface area contributed by atoms with Crippen LogP contribution in [0.2, 0.25) is 0 Å². The third-order valence-electron chi connectivity index (χ3n) is 1.80. The molecule has 0 unspecified atom stereocenters. The Morgan fingerprint density at radius 2 is 1.92 bits per heavy atom. The van der Waals surface area contributed by atoms with Crippen molar-refractivity contribution in [2.24, 2.45) is 0 Å². The van der Waals surface area contributed by atoms with E-state index >= 15 is 0 Å². The summed E-state index contributed by atoms with van der Waals surface area (Å²) in [6.07, 6.45) is 0. The summed E-state index contributed by atoms with van der Waals surface area (Å²) in [6, 6.07) is 4.91. The first-order chi connectivity index (χ1) is 6.18. The summed E-state index contributed by atoms with van der Waals surface area (Å²) in [5.41, 5.74) is -0.177. The molecule has 0 bridgehead atoms. The van der Waals surface area contributed by atoms with E-state index in [0.717, 1.165) is 0 Å². The number of aromatic amines is 2. The highest BCUT2D eigenvalue weighted by atomic mass is 16.2. The summed E-state index contributed by atoms with van der Waals surface area (Å²) in [5, 5.41) is 0.321. The topological polar surface area (TPSA) is 65.7 Å². The zero-order valence-corrected chi connectivity index (χ0v) is 6.63. The fraction of sp³-hybridized carbons (Fsp3) is 0. The van der Waals surface area contributed by atoms with Gasteiger partial charge in [0.25, 0.3) is 5.56 Å². The lowest BCUT2D eigenvalue weighted by molar-refractivity contribution is 1.08. The van der Waals surface area contributed by atoms with Crippen LogP contribution in [-0.2, 0) is 0 Å². The van der Waals surface area contributed by atoms with Crippen molar-refractivity contribution >= 4 is 24.2 Å². The second-order valence-electron chi connectivity index (χ2n) is 2.68. The van der Waals surface area contributed by atoms with Crippen LogP contribution in [0.4, 0.5) is 0 Å². The van der Waals surface area contributed by atoms with Gasteiger partial charge in [0.15, 0.2) is 0 Å². The standard InChI is InChI=1S/C8H5BN2O2/c9-4-2-1-3-5-6(4)7(12)11-8(13)10-5/h1-3H,(H2,10,11,12,13). The maximum atomic E-state index is 11.3. The Hall–Kier alpha value is -1.78. The van der Waals surface area contributed by atoms with Crippen LogP contribution in [0.25, 0.3) is 10.9 Å². The molecule has 2 rings (SSSR count). The van der Waals surface area contributed by atoms with E-state index in [2.05, 4.69) is 9.97 Å². The number of aromatic nitrogens is 2. The largest absolute Gasteiger partial charge is 0.326 e. The minimum Gasteiger partial charge on any atom is -0.307 e. The number of fused-ring (bicyclic) bond motifs is 1. The lowest BCUT2D eigenvalue weighted by atomic mass is 9.92. The number of nitrogens with one attached hydrogen (secondary N) is 2. The minimum atomic E-state index is -0.525. The van der Waals surface area contributed by atoms with Gasteiger partial charge < -0.3 is 4.98 Å². The van der Waals surface area contributed by atoms with Crippen LogP contribution in [0, 0.1) is 0 Å². The molecule has 0 spiro atoms. The van der Waals surface area contributed by atoms with Gasteiger partial charge in [-0.15, -0.1) is 0 Å². The molecule has 5 heteroatoms. The lowest BCUT2D eigenvalue weighted by Gasteiger charge is -1.98. The average Bonchev–Trinajstić information content (AvgIpc) is 2.02. The Bertz CT molecular complexity index is 570. The molecule has 0 aliphatic heterocycles. The van der Waals surface area contributed by atoms with E-state index in [1.807, 2.05) is 0 Å². The molecule has 2 radical (unpaired) electrons. The molecule has 0 atom stereocenters. The smallest absolute Gasteiger partial charge is 0.307 e. The highest BCUT2D eigenvalue weighted by Gasteiger charge is 2.01. The number of hydrogen-bond donors (Lipinski definition) is 2. The first-order valence-corrected chi connectivity index (χ1v) is 3.69. The van der Waals surface area contributed by atoms with Gasteiger partial charge in [0, 0.05) is 0 Å². The van der Waals surface area contributed by atoms with Crippen LogP contribution in [0.3, 0.4) is 0 Å². The molecule has 62 valence electrons. The maximum absolute atomic E-state index is 11.3. The molecule has 0 aliphatic rings. The number of H-pyrrole nitrogens is 2. The summed E-state index contributed by atoms with van der Waals surface area (Å²) in [4.78, 5) is 26.7. The number of rotatable bonds is 0. The lowest BCUT2D eigenvalue weighted by Crippen LogP contribution is -2.26. The number of hydrogen-bond acceptors (Lipinski definition) is 2. The van der Waals surface area contributed by atoms with E-state index in [1.54, 1.807) is 18.2 Å². The van der Waals surface area contributed by atoms with Gasteiger partial charge in [0.1, 0.15) is 7.85 Å². The van der Waals surface area contributed by atoms with Crippen molar-refractivity contribution < 1.29 is 0 Å². The molecule has 1 heterocycles. The first-order valence-electron chi connectivity index (χ1n) is 3.69. The maximum Gasteiger partial charge on any atom is 0.326 e. The zero-order chi connectivity index (χ0) is 9.42. The molecule has 1 aromatic heterocycles. The molecule has 0 fully saturated rings. The molecule has 2 aromatic rings. The van der Waals surface area contributed by atoms with E-state index in [1.165, 1.54) is 0 Å². The van der Waals surface area contributed by atoms with Crippen molar-refractivity contribution in [2.45, 2.75) is 0 Å². The molecular weight excluding hydrogens is 167 g/mol. The Kier molecular flexibility index (Phi) is 1.58. The van der Waals surface area contributed by atoms with Crippen molar-refractivity contribution in [1.29, 1.82) is 0 Å². The predicted molar refractivity (Wildman–Crippen MR) is 50.6 cm³/mol. The average molecular weight is 172 g/mol. The highest BCUT2D eigenvalue weighted by molar-refractivity contribution is 6.38. The van der Waals surface area contributed by atoms with Crippen molar-refractivity contribution in [3.63, 3.8) is 0 Å². The SMILES string of the molecule is [B]c1cccc2[nH]c(=O)[nH]c(=O)c12. The van der Waals surface area contributed by atoms with Gasteiger partial charge in [-0.1, -0.05) is 17.6 Å². The molecule has 0 amide bonds. The molecule has 0 aliphatic carbocycles. The third kappa shape index (κ3) is 1.18. The van der Waals surface area contributed by atoms with E-state index in [0.29, 0.717) is 16.4 Å². The predicted octanol–water partition coefficient (Wildman–Crippen LogP) is -0.990. The Labute approximate surface area is 74.0 Å². The first kappa shape index (κ1) is 7.85. The van der Waals surface area contributed by atoms with Gasteiger partial charge in [0.2, 0.25) is 0 Å². The summed E-state index contributed by atoms with van der Waals surface area (Å²) < 4.78 is 0. The fourth-order valence-corrected chi connectivity index (χ4v) is 1.25. The van der Waals surface area contributed by atoms with Crippen LogP contribution in [0.1, 0.15) is 0 Å². The molecule has 13 heavy (non-hydrogen) atoms. The van der Waals surface area contributed by atoms with Gasteiger partial charge in [0.05, 0.1) is 10.9 Å². The van der Waals surface area contributed by atoms with Gasteiger partial charge >= 0.3 is 5.69 Å². The van der Waals surface area contributed by atoms with Crippen LogP contribution in [0.15, 0.2) is 27.8 Å². The third-order valence-corrected chi connectivity index (χ3v) is 1.80. The molecule has 0 saturated carbocycles. The monoisotopic (exact) mass is 172 g/mol. The molecular formula is C8H5BN2O2.